The Balaban J connectivity index is 1.36. The van der Waals surface area contributed by atoms with Crippen LogP contribution < -0.4 is 0 Å². The zero-order chi connectivity index (χ0) is 29.0. The Morgan fingerprint density at radius 1 is 0.409 bits per heavy atom. The van der Waals surface area contributed by atoms with E-state index in [1.807, 2.05) is 11.8 Å². The molecule has 0 aliphatic carbocycles. The molecular formula is C41H26N2S. The van der Waals surface area contributed by atoms with Gasteiger partial charge in [0.2, 0.25) is 0 Å². The van der Waals surface area contributed by atoms with E-state index in [-0.39, 0.29) is 0 Å². The Bertz CT molecular complexity index is 2300. The van der Waals surface area contributed by atoms with Gasteiger partial charge < -0.3 is 0 Å². The van der Waals surface area contributed by atoms with Crippen molar-refractivity contribution in [2.75, 3.05) is 0 Å². The molecule has 0 radical (unpaired) electrons. The van der Waals surface area contributed by atoms with Crippen LogP contribution in [0.2, 0.25) is 0 Å². The predicted molar refractivity (Wildman–Crippen MR) is 184 cm³/mol. The summed E-state index contributed by atoms with van der Waals surface area (Å²) in [7, 11) is 0. The van der Waals surface area contributed by atoms with Crippen molar-refractivity contribution < 1.29 is 0 Å². The molecule has 206 valence electrons. The third-order valence-electron chi connectivity index (χ3n) is 8.61. The fourth-order valence-electron chi connectivity index (χ4n) is 6.57. The maximum Gasteiger partial charge on any atom is 0.138 e. The van der Waals surface area contributed by atoms with Gasteiger partial charge in [0.1, 0.15) is 5.82 Å². The first-order valence-corrected chi connectivity index (χ1v) is 15.7. The van der Waals surface area contributed by atoms with E-state index in [2.05, 4.69) is 162 Å². The van der Waals surface area contributed by atoms with E-state index in [0.717, 1.165) is 33.7 Å². The second-order valence-electron chi connectivity index (χ2n) is 11.2. The van der Waals surface area contributed by atoms with Crippen LogP contribution in [0.4, 0.5) is 0 Å². The molecule has 1 aliphatic heterocycles. The van der Waals surface area contributed by atoms with Gasteiger partial charge in [-0.15, -0.1) is 0 Å². The van der Waals surface area contributed by atoms with E-state index >= 15 is 0 Å². The van der Waals surface area contributed by atoms with Gasteiger partial charge in [-0.05, 0) is 69.8 Å². The van der Waals surface area contributed by atoms with Gasteiger partial charge in [0.25, 0.3) is 0 Å². The Hall–Kier alpha value is -5.38. The third-order valence-corrected chi connectivity index (χ3v) is 9.74. The second kappa shape index (κ2) is 10.1. The van der Waals surface area contributed by atoms with E-state index in [4.69, 9.17) is 4.98 Å². The number of fused-ring (bicyclic) bond motifs is 8. The number of benzene rings is 6. The number of pyridine rings is 1. The molecule has 8 aromatic rings. The summed E-state index contributed by atoms with van der Waals surface area (Å²) < 4.78 is 2.35. The van der Waals surface area contributed by atoms with Crippen LogP contribution in [-0.2, 0) is 0 Å². The molecule has 0 bridgehead atoms. The molecule has 2 aromatic heterocycles. The SMILES string of the molecule is c1ccc(-c2cc(-c3ccccc3)nc(-n3c4ccccc4c4cc5c(cc43)Sc3ccccc3-c3ccccc3-5)c2)cc1. The summed E-state index contributed by atoms with van der Waals surface area (Å²) in [6.45, 7) is 0. The molecule has 0 atom stereocenters. The Morgan fingerprint density at radius 2 is 1.05 bits per heavy atom. The van der Waals surface area contributed by atoms with Crippen LogP contribution in [0.15, 0.2) is 168 Å². The smallest absolute Gasteiger partial charge is 0.138 e. The quantitative estimate of drug-likeness (QED) is 0.207. The van der Waals surface area contributed by atoms with E-state index in [9.17, 15) is 0 Å². The van der Waals surface area contributed by atoms with Crippen molar-refractivity contribution in [2.24, 2.45) is 0 Å². The highest BCUT2D eigenvalue weighted by Crippen LogP contribution is 2.50. The summed E-state index contributed by atoms with van der Waals surface area (Å²) >= 11 is 1.85. The van der Waals surface area contributed by atoms with Crippen molar-refractivity contribution in [1.82, 2.24) is 9.55 Å². The highest BCUT2D eigenvalue weighted by molar-refractivity contribution is 7.99. The van der Waals surface area contributed by atoms with Crippen LogP contribution >= 0.6 is 11.8 Å². The van der Waals surface area contributed by atoms with Gasteiger partial charge >= 0.3 is 0 Å². The molecule has 2 nitrogen and oxygen atoms in total. The minimum absolute atomic E-state index is 0.913. The largest absolute Gasteiger partial charge is 0.294 e. The number of aromatic nitrogens is 2. The number of nitrogens with zero attached hydrogens (tertiary/aromatic N) is 2. The van der Waals surface area contributed by atoms with Gasteiger partial charge in [-0.2, -0.15) is 0 Å². The number of hydrogen-bond acceptors (Lipinski definition) is 2. The number of para-hydroxylation sites is 1. The third kappa shape index (κ3) is 4.01. The van der Waals surface area contributed by atoms with Crippen LogP contribution in [0.3, 0.4) is 0 Å². The normalized spacial score (nSPS) is 12.0. The molecule has 6 aromatic carbocycles. The molecular weight excluding hydrogens is 553 g/mol. The van der Waals surface area contributed by atoms with Gasteiger partial charge in [0, 0.05) is 26.1 Å². The molecule has 0 N–H and O–H groups in total. The average molecular weight is 579 g/mol. The average Bonchev–Trinajstić information content (AvgIpc) is 3.34. The van der Waals surface area contributed by atoms with Gasteiger partial charge in [0.15, 0.2) is 0 Å². The van der Waals surface area contributed by atoms with Crippen LogP contribution in [-0.4, -0.2) is 9.55 Å². The summed E-state index contributed by atoms with van der Waals surface area (Å²) in [5, 5.41) is 2.46. The molecule has 0 amide bonds. The van der Waals surface area contributed by atoms with Crippen molar-refractivity contribution in [3.8, 4) is 50.5 Å². The highest BCUT2D eigenvalue weighted by atomic mass is 32.2. The summed E-state index contributed by atoms with van der Waals surface area (Å²) in [4.78, 5) is 7.86. The second-order valence-corrected chi connectivity index (χ2v) is 12.3. The van der Waals surface area contributed by atoms with E-state index in [1.54, 1.807) is 0 Å². The lowest BCUT2D eigenvalue weighted by Crippen LogP contribution is -2.00. The van der Waals surface area contributed by atoms with Crippen LogP contribution in [0.5, 0.6) is 0 Å². The maximum absolute atomic E-state index is 5.33. The highest BCUT2D eigenvalue weighted by Gasteiger charge is 2.23. The molecule has 44 heavy (non-hydrogen) atoms. The fourth-order valence-corrected chi connectivity index (χ4v) is 7.69. The molecule has 0 fully saturated rings. The van der Waals surface area contributed by atoms with E-state index < -0.39 is 0 Å². The monoisotopic (exact) mass is 578 g/mol. The molecule has 9 rings (SSSR count). The maximum atomic E-state index is 5.33. The first-order chi connectivity index (χ1) is 21.8. The lowest BCUT2D eigenvalue weighted by molar-refractivity contribution is 1.08. The zero-order valence-electron chi connectivity index (χ0n) is 23.8. The standard InChI is InChI=1S/C41H26N2S/c1-3-13-27(14-4-1)29-23-36(28-15-5-2-6-16-28)42-41(24-29)43-37-21-11-9-19-32(37)34-25-35-31-18-8-7-17-30(31)33-20-10-12-22-39(33)44-40(35)26-38(34)43/h1-26H. The molecule has 1 aliphatic rings. The minimum Gasteiger partial charge on any atom is -0.294 e. The van der Waals surface area contributed by atoms with Crippen molar-refractivity contribution in [2.45, 2.75) is 9.79 Å². The number of hydrogen-bond donors (Lipinski definition) is 0. The van der Waals surface area contributed by atoms with Crippen LogP contribution in [0, 0.1) is 0 Å². The number of rotatable bonds is 3. The van der Waals surface area contributed by atoms with Crippen LogP contribution in [0.1, 0.15) is 0 Å². The fraction of sp³-hybridized carbons (Fsp3) is 0. The van der Waals surface area contributed by atoms with Gasteiger partial charge in [-0.3, -0.25) is 4.57 Å². The topological polar surface area (TPSA) is 17.8 Å². The molecule has 0 saturated carbocycles. The van der Waals surface area contributed by atoms with Gasteiger partial charge in [-0.25, -0.2) is 4.98 Å². The van der Waals surface area contributed by atoms with E-state index in [0.29, 0.717) is 0 Å². The van der Waals surface area contributed by atoms with Crippen molar-refractivity contribution >= 4 is 33.6 Å². The Kier molecular flexibility index (Phi) is 5.78. The first kappa shape index (κ1) is 25.1. The Morgan fingerprint density at radius 3 is 1.84 bits per heavy atom. The summed E-state index contributed by atoms with van der Waals surface area (Å²) in [6, 6.07) is 56.6. The van der Waals surface area contributed by atoms with Gasteiger partial charge in [0.05, 0.1) is 16.7 Å². The molecule has 3 heteroatoms. The molecule has 0 unspecified atom stereocenters. The molecule has 0 saturated heterocycles. The van der Waals surface area contributed by atoms with Crippen molar-refractivity contribution in [3.05, 3.63) is 158 Å². The lowest BCUT2D eigenvalue weighted by atomic mass is 9.94. The van der Waals surface area contributed by atoms with Crippen molar-refractivity contribution in [1.29, 1.82) is 0 Å². The minimum atomic E-state index is 0.913. The van der Waals surface area contributed by atoms with Crippen molar-refractivity contribution in [3.63, 3.8) is 0 Å². The Labute approximate surface area is 260 Å². The molecule has 0 spiro atoms. The summed E-state index contributed by atoms with van der Waals surface area (Å²) in [6.07, 6.45) is 0. The van der Waals surface area contributed by atoms with E-state index in [1.165, 1.54) is 48.4 Å². The predicted octanol–water partition coefficient (Wildman–Crippen LogP) is 11.3. The van der Waals surface area contributed by atoms with Gasteiger partial charge in [-0.1, -0.05) is 133 Å². The summed E-state index contributed by atoms with van der Waals surface area (Å²) in [5.41, 5.74) is 11.8. The summed E-state index contributed by atoms with van der Waals surface area (Å²) in [5.74, 6) is 0.913. The molecule has 3 heterocycles. The van der Waals surface area contributed by atoms with Crippen LogP contribution in [0.25, 0.3) is 72.3 Å². The zero-order valence-corrected chi connectivity index (χ0v) is 24.6. The lowest BCUT2D eigenvalue weighted by Gasteiger charge is -2.14. The first-order valence-electron chi connectivity index (χ1n) is 14.9.